The van der Waals surface area contributed by atoms with Crippen molar-refractivity contribution in [3.05, 3.63) is 29.8 Å². The second kappa shape index (κ2) is 8.13. The number of hydrogen-bond acceptors (Lipinski definition) is 2. The summed E-state index contributed by atoms with van der Waals surface area (Å²) >= 11 is 0. The highest BCUT2D eigenvalue weighted by Gasteiger charge is 2.08. The Bertz CT molecular complexity index is 292. The molecular formula is C15H24O2. The Labute approximate surface area is 105 Å². The van der Waals surface area contributed by atoms with E-state index in [-0.39, 0.29) is 6.61 Å². The largest absolute Gasteiger partial charge is 0.497 e. The molecule has 17 heavy (non-hydrogen) atoms. The highest BCUT2D eigenvalue weighted by molar-refractivity contribution is 5.27. The van der Waals surface area contributed by atoms with Gasteiger partial charge in [0, 0.05) is 6.61 Å². The SMILES string of the molecule is CCCCCC(CO)Cc1ccc(OC)cc1. The summed E-state index contributed by atoms with van der Waals surface area (Å²) in [6.45, 7) is 2.49. The second-order valence-corrected chi connectivity index (χ2v) is 4.60. The molecule has 0 aliphatic heterocycles. The molecule has 0 aromatic heterocycles. The number of rotatable bonds is 8. The first kappa shape index (κ1) is 14.0. The van der Waals surface area contributed by atoms with Crippen LogP contribution in [0.15, 0.2) is 24.3 Å². The van der Waals surface area contributed by atoms with Gasteiger partial charge in [-0.05, 0) is 36.5 Å². The normalized spacial score (nSPS) is 12.4. The van der Waals surface area contributed by atoms with Crippen LogP contribution < -0.4 is 4.74 Å². The molecular weight excluding hydrogens is 212 g/mol. The molecule has 0 radical (unpaired) electrons. The molecule has 0 saturated heterocycles. The monoisotopic (exact) mass is 236 g/mol. The standard InChI is InChI=1S/C15H24O2/c1-3-4-5-6-14(12-16)11-13-7-9-15(17-2)10-8-13/h7-10,14,16H,3-6,11-12H2,1-2H3. The maximum atomic E-state index is 9.36. The van der Waals surface area contributed by atoms with E-state index in [1.807, 2.05) is 12.1 Å². The van der Waals surface area contributed by atoms with Crippen LogP contribution in [0.5, 0.6) is 5.75 Å². The predicted molar refractivity (Wildman–Crippen MR) is 71.4 cm³/mol. The van der Waals surface area contributed by atoms with Crippen molar-refractivity contribution in [1.82, 2.24) is 0 Å². The van der Waals surface area contributed by atoms with E-state index in [4.69, 9.17) is 4.74 Å². The van der Waals surface area contributed by atoms with Crippen molar-refractivity contribution < 1.29 is 9.84 Å². The number of methoxy groups -OCH3 is 1. The van der Waals surface area contributed by atoms with Gasteiger partial charge in [0.15, 0.2) is 0 Å². The quantitative estimate of drug-likeness (QED) is 0.701. The summed E-state index contributed by atoms with van der Waals surface area (Å²) in [5, 5.41) is 9.36. The third-order valence-corrected chi connectivity index (χ3v) is 3.16. The Morgan fingerprint density at radius 3 is 2.41 bits per heavy atom. The van der Waals surface area contributed by atoms with Gasteiger partial charge in [0.05, 0.1) is 7.11 Å². The zero-order chi connectivity index (χ0) is 12.5. The Kier molecular flexibility index (Phi) is 6.71. The molecule has 1 unspecified atom stereocenters. The lowest BCUT2D eigenvalue weighted by Crippen LogP contribution is -2.09. The molecule has 0 heterocycles. The third kappa shape index (κ3) is 5.22. The van der Waals surface area contributed by atoms with Gasteiger partial charge in [-0.2, -0.15) is 0 Å². The summed E-state index contributed by atoms with van der Waals surface area (Å²) in [4.78, 5) is 0. The molecule has 0 bridgehead atoms. The van der Waals surface area contributed by atoms with Gasteiger partial charge in [-0.1, -0.05) is 38.3 Å². The second-order valence-electron chi connectivity index (χ2n) is 4.60. The van der Waals surface area contributed by atoms with Crippen LogP contribution in [-0.2, 0) is 6.42 Å². The van der Waals surface area contributed by atoms with Gasteiger partial charge in [-0.15, -0.1) is 0 Å². The Morgan fingerprint density at radius 1 is 1.18 bits per heavy atom. The van der Waals surface area contributed by atoms with Crippen molar-refractivity contribution in [3.8, 4) is 5.75 Å². The van der Waals surface area contributed by atoms with E-state index in [1.165, 1.54) is 24.8 Å². The van der Waals surface area contributed by atoms with E-state index in [0.29, 0.717) is 5.92 Å². The van der Waals surface area contributed by atoms with Crippen LogP contribution in [-0.4, -0.2) is 18.8 Å². The first-order chi connectivity index (χ1) is 8.30. The molecule has 1 N–H and O–H groups in total. The topological polar surface area (TPSA) is 29.5 Å². The molecule has 0 spiro atoms. The van der Waals surface area contributed by atoms with Crippen molar-refractivity contribution in [1.29, 1.82) is 0 Å². The Hall–Kier alpha value is -1.02. The first-order valence-corrected chi connectivity index (χ1v) is 6.54. The molecule has 2 nitrogen and oxygen atoms in total. The number of aliphatic hydroxyl groups is 1. The summed E-state index contributed by atoms with van der Waals surface area (Å²) in [5.74, 6) is 1.29. The van der Waals surface area contributed by atoms with Gasteiger partial charge in [0.2, 0.25) is 0 Å². The smallest absolute Gasteiger partial charge is 0.118 e. The van der Waals surface area contributed by atoms with Gasteiger partial charge in [0.1, 0.15) is 5.75 Å². The van der Waals surface area contributed by atoms with Crippen molar-refractivity contribution in [2.45, 2.75) is 39.0 Å². The minimum absolute atomic E-state index is 0.287. The molecule has 1 aromatic rings. The molecule has 1 aromatic carbocycles. The lowest BCUT2D eigenvalue weighted by molar-refractivity contribution is 0.215. The first-order valence-electron chi connectivity index (χ1n) is 6.54. The molecule has 1 atom stereocenters. The minimum Gasteiger partial charge on any atom is -0.497 e. The van der Waals surface area contributed by atoms with Crippen LogP contribution in [0.4, 0.5) is 0 Å². The molecule has 0 fully saturated rings. The molecule has 0 aliphatic carbocycles. The summed E-state index contributed by atoms with van der Waals surface area (Å²) in [7, 11) is 1.68. The van der Waals surface area contributed by atoms with E-state index in [0.717, 1.165) is 18.6 Å². The number of ether oxygens (including phenoxy) is 1. The zero-order valence-corrected chi connectivity index (χ0v) is 11.0. The van der Waals surface area contributed by atoms with Crippen LogP contribution in [0, 0.1) is 5.92 Å². The highest BCUT2D eigenvalue weighted by atomic mass is 16.5. The van der Waals surface area contributed by atoms with E-state index in [1.54, 1.807) is 7.11 Å². The number of aliphatic hydroxyl groups excluding tert-OH is 1. The number of benzene rings is 1. The van der Waals surface area contributed by atoms with Crippen molar-refractivity contribution in [2.24, 2.45) is 5.92 Å². The van der Waals surface area contributed by atoms with Gasteiger partial charge >= 0.3 is 0 Å². The summed E-state index contributed by atoms with van der Waals surface area (Å²) in [5.41, 5.74) is 1.28. The van der Waals surface area contributed by atoms with E-state index >= 15 is 0 Å². The molecule has 0 saturated carbocycles. The van der Waals surface area contributed by atoms with Crippen molar-refractivity contribution in [2.75, 3.05) is 13.7 Å². The van der Waals surface area contributed by atoms with Gasteiger partial charge in [0.25, 0.3) is 0 Å². The maximum Gasteiger partial charge on any atom is 0.118 e. The predicted octanol–water partition coefficient (Wildman–Crippen LogP) is 3.43. The fourth-order valence-corrected chi connectivity index (χ4v) is 2.04. The minimum atomic E-state index is 0.287. The average molecular weight is 236 g/mol. The molecule has 0 aliphatic rings. The van der Waals surface area contributed by atoms with E-state index < -0.39 is 0 Å². The fourth-order valence-electron chi connectivity index (χ4n) is 2.04. The zero-order valence-electron chi connectivity index (χ0n) is 11.0. The number of unbranched alkanes of at least 4 members (excludes halogenated alkanes) is 2. The maximum absolute atomic E-state index is 9.36. The third-order valence-electron chi connectivity index (χ3n) is 3.16. The fraction of sp³-hybridized carbons (Fsp3) is 0.600. The van der Waals surface area contributed by atoms with Crippen LogP contribution in [0.1, 0.15) is 38.2 Å². The number of hydrogen-bond donors (Lipinski definition) is 1. The summed E-state index contributed by atoms with van der Waals surface area (Å²) in [6, 6.07) is 8.13. The van der Waals surface area contributed by atoms with Gasteiger partial charge in [-0.25, -0.2) is 0 Å². The Morgan fingerprint density at radius 2 is 1.88 bits per heavy atom. The molecule has 2 heteroatoms. The van der Waals surface area contributed by atoms with Crippen molar-refractivity contribution in [3.63, 3.8) is 0 Å². The molecule has 0 amide bonds. The van der Waals surface area contributed by atoms with Gasteiger partial charge in [-0.3, -0.25) is 0 Å². The van der Waals surface area contributed by atoms with Crippen molar-refractivity contribution >= 4 is 0 Å². The lowest BCUT2D eigenvalue weighted by Gasteiger charge is -2.14. The highest BCUT2D eigenvalue weighted by Crippen LogP contribution is 2.18. The summed E-state index contributed by atoms with van der Waals surface area (Å²) in [6.07, 6.45) is 5.80. The average Bonchev–Trinajstić information content (AvgIpc) is 2.38. The lowest BCUT2D eigenvalue weighted by atomic mass is 9.94. The van der Waals surface area contributed by atoms with Gasteiger partial charge < -0.3 is 9.84 Å². The van der Waals surface area contributed by atoms with E-state index in [9.17, 15) is 5.11 Å². The Balaban J connectivity index is 2.43. The molecule has 1 rings (SSSR count). The van der Waals surface area contributed by atoms with Crippen LogP contribution in [0.2, 0.25) is 0 Å². The molecule has 96 valence electrons. The van der Waals surface area contributed by atoms with Crippen LogP contribution in [0.25, 0.3) is 0 Å². The van der Waals surface area contributed by atoms with Crippen LogP contribution >= 0.6 is 0 Å². The summed E-state index contributed by atoms with van der Waals surface area (Å²) < 4.78 is 5.13. The van der Waals surface area contributed by atoms with Crippen LogP contribution in [0.3, 0.4) is 0 Å². The van der Waals surface area contributed by atoms with E-state index in [2.05, 4.69) is 19.1 Å².